The summed E-state index contributed by atoms with van der Waals surface area (Å²) in [5.41, 5.74) is 3.62. The van der Waals surface area contributed by atoms with E-state index in [4.69, 9.17) is 14.1 Å². The zero-order chi connectivity index (χ0) is 32.6. The number of aromatic nitrogens is 1. The van der Waals surface area contributed by atoms with Crippen LogP contribution in [0.25, 0.3) is 0 Å². The van der Waals surface area contributed by atoms with E-state index in [9.17, 15) is 23.1 Å². The molecular formula is C35H48F3NO4Si. The Morgan fingerprint density at radius 2 is 1.68 bits per heavy atom. The normalized spacial score (nSPS) is 24.5. The van der Waals surface area contributed by atoms with Crippen LogP contribution in [0.5, 0.6) is 0 Å². The van der Waals surface area contributed by atoms with Gasteiger partial charge in [0.05, 0.1) is 29.4 Å². The van der Waals surface area contributed by atoms with Crippen molar-refractivity contribution in [3.63, 3.8) is 0 Å². The summed E-state index contributed by atoms with van der Waals surface area (Å²) in [6, 6.07) is 5.34. The number of pyridine rings is 1. The number of carbonyl (C=O) groups is 1. The van der Waals surface area contributed by atoms with Gasteiger partial charge in [0.1, 0.15) is 6.10 Å². The Hall–Kier alpha value is -2.23. The summed E-state index contributed by atoms with van der Waals surface area (Å²) >= 11 is 0. The largest absolute Gasteiger partial charge is 0.481 e. The number of nitrogens with zero attached hydrogens (tertiary/aromatic N) is 1. The van der Waals surface area contributed by atoms with Crippen molar-refractivity contribution in [1.29, 1.82) is 0 Å². The van der Waals surface area contributed by atoms with E-state index < -0.39 is 37.7 Å². The van der Waals surface area contributed by atoms with Crippen molar-refractivity contribution in [1.82, 2.24) is 4.98 Å². The van der Waals surface area contributed by atoms with Gasteiger partial charge in [-0.2, -0.15) is 13.2 Å². The standard InChI is InChI=1S/C35H48F3NO4Si/c1-20(2)29-27-28(34(16-10-11-17-34)42-31(27)21-12-14-22(15-13-21)35(36,37)38)26-24(43-44(8,9)32(3,4)5)19-33(6,7)23(18-25(40)41)30(26)39-29/h12-15,20,23-24,31H,10-11,16-19H2,1-9H3,(H,40,41)/t23-,24-,31+/m0/s1. The van der Waals surface area contributed by atoms with Crippen LogP contribution >= 0.6 is 0 Å². The Morgan fingerprint density at radius 1 is 1.09 bits per heavy atom. The third-order valence-electron chi connectivity index (χ3n) is 10.8. The lowest BCUT2D eigenvalue weighted by molar-refractivity contribution is -0.139. The van der Waals surface area contributed by atoms with Gasteiger partial charge in [0, 0.05) is 22.7 Å². The first-order chi connectivity index (χ1) is 20.2. The minimum absolute atomic E-state index is 0.0126. The zero-order valence-electron chi connectivity index (χ0n) is 27.6. The van der Waals surface area contributed by atoms with Gasteiger partial charge in [-0.3, -0.25) is 9.78 Å². The zero-order valence-corrected chi connectivity index (χ0v) is 28.6. The first-order valence-electron chi connectivity index (χ1n) is 16.0. The van der Waals surface area contributed by atoms with Crippen LogP contribution in [0.1, 0.15) is 150 Å². The van der Waals surface area contributed by atoms with Gasteiger partial charge in [0.25, 0.3) is 0 Å². The molecule has 5 rings (SSSR count). The molecule has 5 nitrogen and oxygen atoms in total. The fourth-order valence-electron chi connectivity index (χ4n) is 7.45. The molecule has 0 saturated heterocycles. The van der Waals surface area contributed by atoms with Crippen molar-refractivity contribution >= 4 is 14.3 Å². The van der Waals surface area contributed by atoms with Gasteiger partial charge in [-0.15, -0.1) is 0 Å². The van der Waals surface area contributed by atoms with E-state index in [0.717, 1.165) is 65.9 Å². The number of fused-ring (bicyclic) bond motifs is 4. The highest BCUT2D eigenvalue weighted by Crippen LogP contribution is 2.62. The van der Waals surface area contributed by atoms with E-state index in [2.05, 4.69) is 61.6 Å². The monoisotopic (exact) mass is 631 g/mol. The lowest BCUT2D eigenvalue weighted by atomic mass is 9.63. The first kappa shape index (κ1) is 33.1. The molecule has 1 fully saturated rings. The molecule has 1 spiro atoms. The summed E-state index contributed by atoms with van der Waals surface area (Å²) in [4.78, 5) is 17.6. The molecule has 0 unspecified atom stereocenters. The average molecular weight is 632 g/mol. The number of benzene rings is 1. The van der Waals surface area contributed by atoms with Crippen LogP contribution in [0.4, 0.5) is 13.2 Å². The summed E-state index contributed by atoms with van der Waals surface area (Å²) in [5.74, 6) is -1.19. The SMILES string of the molecule is CC(C)c1nc2c(c3c1[C@@H](c1ccc(C(F)(F)F)cc1)OC31CCCC1)[C@@H](O[Si](C)(C)C(C)(C)C)CC(C)(C)[C@H]2CC(=O)O. The second kappa shape index (κ2) is 10.9. The number of hydrogen-bond donors (Lipinski definition) is 1. The van der Waals surface area contributed by atoms with Gasteiger partial charge >= 0.3 is 12.1 Å². The Balaban J connectivity index is 1.82. The van der Waals surface area contributed by atoms with Gasteiger partial charge in [-0.05, 0) is 72.0 Å². The summed E-state index contributed by atoms with van der Waals surface area (Å²) in [7, 11) is -2.29. The Kier molecular flexibility index (Phi) is 8.24. The van der Waals surface area contributed by atoms with Crippen molar-refractivity contribution in [2.24, 2.45) is 5.41 Å². The van der Waals surface area contributed by atoms with Crippen LogP contribution < -0.4 is 0 Å². The molecule has 1 aromatic heterocycles. The van der Waals surface area contributed by atoms with E-state index in [1.54, 1.807) is 0 Å². The van der Waals surface area contributed by atoms with E-state index in [1.807, 2.05) is 0 Å². The molecule has 242 valence electrons. The molecule has 1 N–H and O–H groups in total. The van der Waals surface area contributed by atoms with Gasteiger partial charge in [0.15, 0.2) is 8.32 Å². The fourth-order valence-corrected chi connectivity index (χ4v) is 8.72. The molecule has 2 heterocycles. The predicted octanol–water partition coefficient (Wildman–Crippen LogP) is 10.2. The third kappa shape index (κ3) is 5.66. The fraction of sp³-hybridized carbons (Fsp3) is 0.657. The number of aliphatic carboxylic acids is 1. The van der Waals surface area contributed by atoms with Crippen molar-refractivity contribution < 1.29 is 32.2 Å². The first-order valence-corrected chi connectivity index (χ1v) is 18.9. The maximum atomic E-state index is 13.5. The average Bonchev–Trinajstić information content (AvgIpc) is 3.49. The van der Waals surface area contributed by atoms with Crippen LogP contribution in [0.15, 0.2) is 24.3 Å². The van der Waals surface area contributed by atoms with Gasteiger partial charge in [0.2, 0.25) is 0 Å². The van der Waals surface area contributed by atoms with Crippen LogP contribution in [0.3, 0.4) is 0 Å². The van der Waals surface area contributed by atoms with Crippen molar-refractivity contribution in [3.8, 4) is 0 Å². The molecule has 1 aliphatic heterocycles. The minimum atomic E-state index is -4.43. The highest BCUT2D eigenvalue weighted by Gasteiger charge is 2.56. The number of hydrogen-bond acceptors (Lipinski definition) is 4. The molecule has 2 aromatic rings. The summed E-state index contributed by atoms with van der Waals surface area (Å²) in [6.07, 6.45) is -1.12. The van der Waals surface area contributed by atoms with Crippen molar-refractivity contribution in [2.75, 3.05) is 0 Å². The smallest absolute Gasteiger partial charge is 0.416 e. The topological polar surface area (TPSA) is 68.7 Å². The van der Waals surface area contributed by atoms with Gasteiger partial charge in [-0.1, -0.05) is 73.4 Å². The van der Waals surface area contributed by atoms with Crippen LogP contribution in [-0.4, -0.2) is 24.4 Å². The van der Waals surface area contributed by atoms with Crippen LogP contribution in [-0.2, 0) is 25.7 Å². The van der Waals surface area contributed by atoms with Crippen molar-refractivity contribution in [3.05, 3.63) is 63.5 Å². The summed E-state index contributed by atoms with van der Waals surface area (Å²) < 4.78 is 54.8. The lowest BCUT2D eigenvalue weighted by Gasteiger charge is -2.48. The highest BCUT2D eigenvalue weighted by atomic mass is 28.4. The molecule has 0 bridgehead atoms. The maximum Gasteiger partial charge on any atom is 0.416 e. The molecular weight excluding hydrogens is 583 g/mol. The van der Waals surface area contributed by atoms with Crippen LogP contribution in [0.2, 0.25) is 18.1 Å². The molecule has 3 atom stereocenters. The maximum absolute atomic E-state index is 13.5. The Labute approximate surface area is 261 Å². The quantitative estimate of drug-likeness (QED) is 0.321. The second-order valence-corrected chi connectivity index (χ2v) is 20.5. The second-order valence-electron chi connectivity index (χ2n) is 15.8. The highest BCUT2D eigenvalue weighted by molar-refractivity contribution is 6.74. The van der Waals surface area contributed by atoms with Crippen molar-refractivity contribution in [2.45, 2.75) is 141 Å². The number of carboxylic acids is 1. The minimum Gasteiger partial charge on any atom is -0.481 e. The molecule has 2 aliphatic carbocycles. The van der Waals surface area contributed by atoms with Gasteiger partial charge < -0.3 is 14.3 Å². The Morgan fingerprint density at radius 3 is 2.18 bits per heavy atom. The number of ether oxygens (including phenoxy) is 1. The van der Waals surface area contributed by atoms with E-state index in [0.29, 0.717) is 12.0 Å². The third-order valence-corrected chi connectivity index (χ3v) is 15.3. The lowest BCUT2D eigenvalue weighted by Crippen LogP contribution is -2.45. The molecule has 3 aliphatic rings. The van der Waals surface area contributed by atoms with Crippen LogP contribution in [0, 0.1) is 5.41 Å². The molecule has 1 saturated carbocycles. The predicted molar refractivity (Wildman–Crippen MR) is 167 cm³/mol. The molecule has 0 radical (unpaired) electrons. The van der Waals surface area contributed by atoms with E-state index in [1.165, 1.54) is 12.1 Å². The molecule has 1 aromatic carbocycles. The molecule has 0 amide bonds. The number of rotatable bonds is 6. The molecule has 9 heteroatoms. The molecule has 44 heavy (non-hydrogen) atoms. The summed E-state index contributed by atoms with van der Waals surface area (Å²) in [5, 5.41) is 10.0. The number of alkyl halides is 3. The van der Waals surface area contributed by atoms with E-state index >= 15 is 0 Å². The number of halogens is 3. The Bertz CT molecular complexity index is 1420. The van der Waals surface area contributed by atoms with Gasteiger partial charge in [-0.25, -0.2) is 0 Å². The van der Waals surface area contributed by atoms with E-state index in [-0.39, 0.29) is 34.8 Å². The number of carboxylic acid groups (broad SMARTS) is 1. The summed E-state index contributed by atoms with van der Waals surface area (Å²) in [6.45, 7) is 19.5.